The number of nitrogens with one attached hydrogen (secondary N) is 1. The minimum absolute atomic E-state index is 0.0471. The van der Waals surface area contributed by atoms with Gasteiger partial charge < -0.3 is 52.9 Å². The van der Waals surface area contributed by atoms with Gasteiger partial charge in [-0.3, -0.25) is 19.2 Å². The van der Waals surface area contributed by atoms with Gasteiger partial charge in [-0.15, -0.1) is 4.37 Å². The highest BCUT2D eigenvalue weighted by atomic mass is 35.5. The first kappa shape index (κ1) is 48.1. The van der Waals surface area contributed by atoms with Crippen molar-refractivity contribution in [3.05, 3.63) is 46.9 Å². The van der Waals surface area contributed by atoms with Crippen molar-refractivity contribution in [1.29, 1.82) is 0 Å². The maximum Gasteiger partial charge on any atom is 0.344 e. The van der Waals surface area contributed by atoms with Crippen LogP contribution in [0.3, 0.4) is 0 Å². The van der Waals surface area contributed by atoms with Crippen LogP contribution in [0.1, 0.15) is 43.8 Å². The summed E-state index contributed by atoms with van der Waals surface area (Å²) < 4.78 is 70.0. The summed E-state index contributed by atoms with van der Waals surface area (Å²) in [5, 5.41) is 7.86. The molecule has 1 aromatic carbocycles. The Morgan fingerprint density at radius 1 is 1.02 bits per heavy atom. The number of primary sulfonamides is 1. The van der Waals surface area contributed by atoms with Crippen molar-refractivity contribution < 1.29 is 70.0 Å². The first-order chi connectivity index (χ1) is 28.7. The number of carbonyl (C=O) groups is 6. The minimum Gasteiger partial charge on any atom is -0.470 e. The molecule has 3 N–H and O–H groups in total. The van der Waals surface area contributed by atoms with Crippen LogP contribution in [0.4, 0.5) is 11.5 Å². The van der Waals surface area contributed by atoms with Crippen molar-refractivity contribution in [3.8, 4) is 5.88 Å². The third-order valence-electron chi connectivity index (χ3n) is 8.45. The van der Waals surface area contributed by atoms with E-state index in [2.05, 4.69) is 14.1 Å². The molecule has 0 spiro atoms. The fourth-order valence-electron chi connectivity index (χ4n) is 5.41. The van der Waals surface area contributed by atoms with Crippen LogP contribution < -0.4 is 20.1 Å². The standard InChI is InChI=1S/C36H46ClN7O15S2/c1-22(45)55-21-32(49)59-24(18-57-34-33(40-60-41-34)43-8-11-53-12-9-43)16-44(36(2,3)4)30(47)20-56-31(48)17-42(5)29(46)19-58-35(50)25-13-28(61(38,51)52)26(37)14-27(25)39-15-23-7-6-10-54-23/h6-7,10,13-14,24,39H,8-9,11-12,15-21H2,1-5H3,(H2,38,51,52)/t24-/m0/s1. The van der Waals surface area contributed by atoms with E-state index >= 15 is 0 Å². The maximum absolute atomic E-state index is 13.6. The summed E-state index contributed by atoms with van der Waals surface area (Å²) in [4.78, 5) is 79.9. The summed E-state index contributed by atoms with van der Waals surface area (Å²) in [7, 11) is -3.15. The van der Waals surface area contributed by atoms with Gasteiger partial charge in [-0.2, -0.15) is 4.37 Å². The molecule has 2 amide bonds. The van der Waals surface area contributed by atoms with Gasteiger partial charge >= 0.3 is 23.9 Å². The predicted octanol–water partition coefficient (Wildman–Crippen LogP) is 1.22. The summed E-state index contributed by atoms with van der Waals surface area (Å²) in [6.07, 6.45) is 0.297. The highest BCUT2D eigenvalue weighted by Crippen LogP contribution is 2.30. The Bertz CT molecular complexity index is 2140. The minimum atomic E-state index is -4.37. The number of aromatic nitrogens is 2. The molecule has 1 fully saturated rings. The topological polar surface area (TPSA) is 279 Å². The van der Waals surface area contributed by atoms with Crippen LogP contribution in [-0.4, -0.2) is 147 Å². The second-order valence-electron chi connectivity index (χ2n) is 14.2. The lowest BCUT2D eigenvalue weighted by Crippen LogP contribution is -2.52. The number of nitrogens with two attached hydrogens (primary N) is 1. The van der Waals surface area contributed by atoms with Gasteiger partial charge in [0.1, 0.15) is 23.8 Å². The molecule has 22 nitrogen and oxygen atoms in total. The number of morpholine rings is 1. The van der Waals surface area contributed by atoms with E-state index in [1.165, 1.54) is 18.2 Å². The van der Waals surface area contributed by atoms with Crippen LogP contribution in [0.15, 0.2) is 39.8 Å². The Hall–Kier alpha value is -5.56. The van der Waals surface area contributed by atoms with E-state index in [1.807, 2.05) is 4.90 Å². The van der Waals surface area contributed by atoms with Crippen LogP contribution in [0.25, 0.3) is 0 Å². The normalized spacial score (nSPS) is 13.4. The summed E-state index contributed by atoms with van der Waals surface area (Å²) in [5.74, 6) is -4.19. The summed E-state index contributed by atoms with van der Waals surface area (Å²) in [6.45, 7) is 4.76. The number of benzene rings is 1. The van der Waals surface area contributed by atoms with E-state index in [-0.39, 0.29) is 41.8 Å². The number of hydrogen-bond acceptors (Lipinski definition) is 20. The zero-order valence-corrected chi connectivity index (χ0v) is 36.3. The molecule has 1 aliphatic heterocycles. The molecule has 0 aliphatic carbocycles. The number of esters is 4. The average molecular weight is 916 g/mol. The number of carbonyl (C=O) groups excluding carboxylic acids is 6. The number of rotatable bonds is 20. The van der Waals surface area contributed by atoms with E-state index in [0.717, 1.165) is 35.7 Å². The lowest BCUT2D eigenvalue weighted by atomic mass is 10.1. The van der Waals surface area contributed by atoms with Crippen LogP contribution in [0.5, 0.6) is 5.88 Å². The molecule has 3 aromatic rings. The van der Waals surface area contributed by atoms with E-state index in [1.54, 1.807) is 32.9 Å². The SMILES string of the molecule is CC(=O)OCC(=O)O[C@H](COc1nsnc1N1CCOCC1)CN(C(=O)COC(=O)CN(C)C(=O)COC(=O)c1cc(S(N)(=O)=O)c(Cl)cc1NCc1ccco1)C(C)(C)C. The quantitative estimate of drug-likeness (QED) is 0.119. The molecule has 1 atom stereocenters. The van der Waals surface area contributed by atoms with Crippen molar-refractivity contribution in [2.24, 2.45) is 5.14 Å². The number of amides is 2. The lowest BCUT2D eigenvalue weighted by Gasteiger charge is -2.37. The van der Waals surface area contributed by atoms with Crippen LogP contribution in [0.2, 0.25) is 5.02 Å². The van der Waals surface area contributed by atoms with Crippen LogP contribution >= 0.6 is 23.3 Å². The first-order valence-electron chi connectivity index (χ1n) is 18.3. The van der Waals surface area contributed by atoms with Gasteiger partial charge in [-0.05, 0) is 45.0 Å². The van der Waals surface area contributed by atoms with Crippen molar-refractivity contribution >= 4 is 80.5 Å². The number of ether oxygens (including phenoxy) is 6. The molecule has 2 aromatic heterocycles. The Balaban J connectivity index is 1.35. The second kappa shape index (κ2) is 21.8. The Kier molecular flexibility index (Phi) is 17.2. The van der Waals surface area contributed by atoms with Gasteiger partial charge in [0.25, 0.3) is 17.7 Å². The Morgan fingerprint density at radius 2 is 1.72 bits per heavy atom. The Morgan fingerprint density at radius 3 is 2.36 bits per heavy atom. The van der Waals surface area contributed by atoms with Crippen molar-refractivity contribution in [3.63, 3.8) is 0 Å². The molecule has 0 bridgehead atoms. The number of halogens is 1. The van der Waals surface area contributed by atoms with Crippen molar-refractivity contribution in [2.45, 2.75) is 50.8 Å². The van der Waals surface area contributed by atoms with Crippen LogP contribution in [0, 0.1) is 0 Å². The third kappa shape index (κ3) is 14.8. The molecular formula is C36H46ClN7O15S2. The van der Waals surface area contributed by atoms with Crippen LogP contribution in [-0.2, 0) is 64.2 Å². The molecule has 0 radical (unpaired) electrons. The van der Waals surface area contributed by atoms with E-state index in [4.69, 9.17) is 49.6 Å². The molecule has 0 unspecified atom stereocenters. The van der Waals surface area contributed by atoms with E-state index in [0.29, 0.717) is 37.9 Å². The average Bonchev–Trinajstić information content (AvgIpc) is 3.90. The smallest absolute Gasteiger partial charge is 0.344 e. The second-order valence-corrected chi connectivity index (χ2v) is 16.6. The van der Waals surface area contributed by atoms with Gasteiger partial charge in [-0.1, -0.05) is 11.6 Å². The highest BCUT2D eigenvalue weighted by Gasteiger charge is 2.33. The summed E-state index contributed by atoms with van der Waals surface area (Å²) in [6, 6.07) is 5.34. The zero-order chi connectivity index (χ0) is 44.9. The van der Waals surface area contributed by atoms with Gasteiger partial charge in [0.05, 0.1) is 60.6 Å². The van der Waals surface area contributed by atoms with E-state index in [9.17, 15) is 37.2 Å². The summed E-state index contributed by atoms with van der Waals surface area (Å²) >= 11 is 7.04. The van der Waals surface area contributed by atoms with Crippen molar-refractivity contribution in [1.82, 2.24) is 18.5 Å². The molecular weight excluding hydrogens is 870 g/mol. The fraction of sp³-hybridized carbons (Fsp3) is 0.500. The molecule has 61 heavy (non-hydrogen) atoms. The fourth-order valence-corrected chi connectivity index (χ4v) is 7.03. The molecule has 1 saturated heterocycles. The number of nitrogens with zero attached hydrogens (tertiary/aromatic N) is 5. The van der Waals surface area contributed by atoms with Gasteiger partial charge in [0.15, 0.2) is 25.9 Å². The lowest BCUT2D eigenvalue weighted by molar-refractivity contribution is -0.166. The molecule has 0 saturated carbocycles. The number of likely N-dealkylation sites (N-methyl/N-ethyl adjacent to an activating group) is 1. The third-order valence-corrected chi connectivity index (χ3v) is 10.3. The highest BCUT2D eigenvalue weighted by molar-refractivity contribution is 7.89. The molecule has 4 rings (SSSR count). The molecule has 3 heterocycles. The van der Waals surface area contributed by atoms with E-state index < -0.39 is 88.6 Å². The number of anilines is 2. The van der Waals surface area contributed by atoms with Gasteiger partial charge in [-0.25, -0.2) is 23.1 Å². The number of furan rings is 1. The number of hydrogen-bond donors (Lipinski definition) is 2. The van der Waals surface area contributed by atoms with Gasteiger partial charge in [0.2, 0.25) is 15.8 Å². The van der Waals surface area contributed by atoms with Gasteiger partial charge in [0, 0.05) is 32.6 Å². The zero-order valence-electron chi connectivity index (χ0n) is 33.9. The molecule has 1 aliphatic rings. The molecule has 334 valence electrons. The van der Waals surface area contributed by atoms with Crippen molar-refractivity contribution in [2.75, 3.05) is 83.1 Å². The number of sulfonamides is 1. The maximum atomic E-state index is 13.6. The predicted molar refractivity (Wildman–Crippen MR) is 214 cm³/mol. The first-order valence-corrected chi connectivity index (χ1v) is 21.0. The largest absolute Gasteiger partial charge is 0.470 e. The monoisotopic (exact) mass is 915 g/mol. The Labute approximate surface area is 359 Å². The molecule has 25 heteroatoms. The summed E-state index contributed by atoms with van der Waals surface area (Å²) in [5.41, 5.74) is -1.19.